The summed E-state index contributed by atoms with van der Waals surface area (Å²) < 4.78 is 0. The standard InChI is InChI=1S/C9H13N5S/c1-3-4-10-7-6-8(12-5-11-7)13-14-9(6)15-2/h5H,3-4H2,1-2H3,(H2,10,11,12,13,14). The number of H-pyrrole nitrogens is 1. The van der Waals surface area contributed by atoms with Crippen LogP contribution in [0.1, 0.15) is 13.3 Å². The van der Waals surface area contributed by atoms with Crippen molar-refractivity contribution in [1.82, 2.24) is 20.2 Å². The van der Waals surface area contributed by atoms with Gasteiger partial charge in [0.1, 0.15) is 17.2 Å². The lowest BCUT2D eigenvalue weighted by molar-refractivity contribution is 0.969. The van der Waals surface area contributed by atoms with Gasteiger partial charge in [0.2, 0.25) is 0 Å². The molecule has 0 saturated heterocycles. The zero-order valence-electron chi connectivity index (χ0n) is 8.74. The second-order valence-corrected chi connectivity index (χ2v) is 3.90. The van der Waals surface area contributed by atoms with Crippen molar-refractivity contribution in [2.24, 2.45) is 0 Å². The van der Waals surface area contributed by atoms with Gasteiger partial charge >= 0.3 is 0 Å². The first-order valence-corrected chi connectivity index (χ1v) is 6.06. The predicted octanol–water partition coefficient (Wildman–Crippen LogP) is 1.90. The summed E-state index contributed by atoms with van der Waals surface area (Å²) in [6.07, 6.45) is 4.60. The molecule has 6 heteroatoms. The Balaban J connectivity index is 2.47. The molecule has 5 nitrogen and oxygen atoms in total. The molecule has 2 aromatic heterocycles. The number of hydrogen-bond donors (Lipinski definition) is 2. The topological polar surface area (TPSA) is 66.5 Å². The van der Waals surface area contributed by atoms with E-state index >= 15 is 0 Å². The average Bonchev–Trinajstić information content (AvgIpc) is 2.69. The molecule has 0 atom stereocenters. The number of anilines is 1. The summed E-state index contributed by atoms with van der Waals surface area (Å²) in [5.41, 5.74) is 0.785. The Labute approximate surface area is 92.1 Å². The Kier molecular flexibility index (Phi) is 3.05. The largest absolute Gasteiger partial charge is 0.369 e. The van der Waals surface area contributed by atoms with Crippen LogP contribution in [0.4, 0.5) is 5.82 Å². The van der Waals surface area contributed by atoms with Crippen LogP contribution in [0.25, 0.3) is 11.0 Å². The summed E-state index contributed by atoms with van der Waals surface area (Å²) in [6.45, 7) is 3.03. The number of aromatic nitrogens is 4. The van der Waals surface area contributed by atoms with Gasteiger partial charge in [0.05, 0.1) is 5.39 Å². The van der Waals surface area contributed by atoms with Crippen molar-refractivity contribution >= 4 is 28.6 Å². The van der Waals surface area contributed by atoms with Crippen molar-refractivity contribution in [3.63, 3.8) is 0 Å². The van der Waals surface area contributed by atoms with Crippen molar-refractivity contribution in [2.75, 3.05) is 18.1 Å². The van der Waals surface area contributed by atoms with E-state index in [1.165, 1.54) is 0 Å². The highest BCUT2D eigenvalue weighted by molar-refractivity contribution is 7.98. The molecule has 0 saturated carbocycles. The second kappa shape index (κ2) is 4.48. The molecule has 0 radical (unpaired) electrons. The van der Waals surface area contributed by atoms with Crippen LogP contribution in [0.15, 0.2) is 11.4 Å². The Morgan fingerprint density at radius 3 is 3.07 bits per heavy atom. The lowest BCUT2D eigenvalue weighted by Gasteiger charge is -2.04. The van der Waals surface area contributed by atoms with E-state index in [9.17, 15) is 0 Å². The minimum absolute atomic E-state index is 0.785. The number of rotatable bonds is 4. The van der Waals surface area contributed by atoms with Crippen LogP contribution in [0.2, 0.25) is 0 Å². The predicted molar refractivity (Wildman–Crippen MR) is 62.2 cm³/mol. The summed E-state index contributed by atoms with van der Waals surface area (Å²) >= 11 is 1.59. The lowest BCUT2D eigenvalue weighted by Crippen LogP contribution is -2.02. The van der Waals surface area contributed by atoms with E-state index in [1.807, 2.05) is 6.26 Å². The first kappa shape index (κ1) is 10.2. The fraction of sp³-hybridized carbons (Fsp3) is 0.444. The van der Waals surface area contributed by atoms with Gasteiger partial charge < -0.3 is 5.32 Å². The minimum atomic E-state index is 0.785. The van der Waals surface area contributed by atoms with Crippen LogP contribution in [-0.2, 0) is 0 Å². The molecule has 0 amide bonds. The molecule has 0 aliphatic carbocycles. The van der Waals surface area contributed by atoms with Crippen molar-refractivity contribution in [2.45, 2.75) is 18.4 Å². The zero-order valence-corrected chi connectivity index (χ0v) is 9.56. The normalized spacial score (nSPS) is 10.8. The molecule has 0 fully saturated rings. The molecule has 0 bridgehead atoms. The number of fused-ring (bicyclic) bond motifs is 1. The molecule has 2 heterocycles. The maximum Gasteiger partial charge on any atom is 0.161 e. The van der Waals surface area contributed by atoms with E-state index < -0.39 is 0 Å². The average molecular weight is 223 g/mol. The van der Waals surface area contributed by atoms with Crippen LogP contribution in [0, 0.1) is 0 Å². The molecular weight excluding hydrogens is 210 g/mol. The van der Waals surface area contributed by atoms with Crippen molar-refractivity contribution < 1.29 is 0 Å². The van der Waals surface area contributed by atoms with Crippen LogP contribution in [0.5, 0.6) is 0 Å². The lowest BCUT2D eigenvalue weighted by atomic mass is 10.4. The van der Waals surface area contributed by atoms with Crippen LogP contribution >= 0.6 is 11.8 Å². The van der Waals surface area contributed by atoms with Crippen molar-refractivity contribution in [3.8, 4) is 0 Å². The highest BCUT2D eigenvalue weighted by Gasteiger charge is 2.10. The molecule has 0 aromatic carbocycles. The third-order valence-electron chi connectivity index (χ3n) is 2.06. The molecule has 2 rings (SSSR count). The van der Waals surface area contributed by atoms with Crippen molar-refractivity contribution in [1.29, 1.82) is 0 Å². The Morgan fingerprint density at radius 1 is 1.47 bits per heavy atom. The first-order chi connectivity index (χ1) is 7.36. The molecule has 0 spiro atoms. The Bertz CT molecular complexity index is 453. The van der Waals surface area contributed by atoms with E-state index in [1.54, 1.807) is 18.1 Å². The highest BCUT2D eigenvalue weighted by Crippen LogP contribution is 2.27. The van der Waals surface area contributed by atoms with Gasteiger partial charge in [-0.2, -0.15) is 5.10 Å². The number of hydrogen-bond acceptors (Lipinski definition) is 5. The fourth-order valence-corrected chi connectivity index (χ4v) is 1.89. The summed E-state index contributed by atoms with van der Waals surface area (Å²) in [7, 11) is 0. The number of thioether (sulfide) groups is 1. The summed E-state index contributed by atoms with van der Waals surface area (Å²) in [4.78, 5) is 8.37. The first-order valence-electron chi connectivity index (χ1n) is 4.83. The minimum Gasteiger partial charge on any atom is -0.369 e. The monoisotopic (exact) mass is 223 g/mol. The third-order valence-corrected chi connectivity index (χ3v) is 2.74. The molecule has 0 unspecified atom stereocenters. The van der Waals surface area contributed by atoms with Gasteiger partial charge in [0, 0.05) is 6.54 Å². The second-order valence-electron chi connectivity index (χ2n) is 3.11. The van der Waals surface area contributed by atoms with Gasteiger partial charge in [-0.15, -0.1) is 11.8 Å². The van der Waals surface area contributed by atoms with E-state index in [4.69, 9.17) is 0 Å². The van der Waals surface area contributed by atoms with E-state index in [0.29, 0.717) is 0 Å². The van der Waals surface area contributed by atoms with Gasteiger partial charge in [0.15, 0.2) is 5.65 Å². The highest BCUT2D eigenvalue weighted by atomic mass is 32.2. The Hall–Kier alpha value is -1.30. The third kappa shape index (κ3) is 1.90. The molecule has 2 N–H and O–H groups in total. The smallest absolute Gasteiger partial charge is 0.161 e. The maximum atomic E-state index is 4.23. The molecule has 2 aromatic rings. The van der Waals surface area contributed by atoms with E-state index in [0.717, 1.165) is 34.8 Å². The summed E-state index contributed by atoms with van der Waals surface area (Å²) in [5, 5.41) is 12.3. The zero-order chi connectivity index (χ0) is 10.7. The maximum absolute atomic E-state index is 4.23. The fourth-order valence-electron chi connectivity index (χ4n) is 1.36. The van der Waals surface area contributed by atoms with Gasteiger partial charge in [0.25, 0.3) is 0 Å². The Morgan fingerprint density at radius 2 is 2.33 bits per heavy atom. The van der Waals surface area contributed by atoms with Gasteiger partial charge in [-0.25, -0.2) is 9.97 Å². The molecule has 15 heavy (non-hydrogen) atoms. The molecule has 80 valence electrons. The number of nitrogens with zero attached hydrogens (tertiary/aromatic N) is 3. The van der Waals surface area contributed by atoms with Crippen molar-refractivity contribution in [3.05, 3.63) is 6.33 Å². The number of aromatic amines is 1. The quantitative estimate of drug-likeness (QED) is 0.775. The number of nitrogens with one attached hydrogen (secondary N) is 2. The molecule has 0 aliphatic rings. The molecule has 0 aliphatic heterocycles. The van der Waals surface area contributed by atoms with Crippen LogP contribution < -0.4 is 5.32 Å². The summed E-state index contributed by atoms with van der Waals surface area (Å²) in [5.74, 6) is 0.861. The molecular formula is C9H13N5S. The van der Waals surface area contributed by atoms with Crippen LogP contribution in [-0.4, -0.2) is 33.0 Å². The van der Waals surface area contributed by atoms with Crippen LogP contribution in [0.3, 0.4) is 0 Å². The SMILES string of the molecule is CCCNc1ncnc2[nH]nc(SC)c12. The van der Waals surface area contributed by atoms with E-state index in [-0.39, 0.29) is 0 Å². The summed E-state index contributed by atoms with van der Waals surface area (Å²) in [6, 6.07) is 0. The van der Waals surface area contributed by atoms with Gasteiger partial charge in [-0.05, 0) is 12.7 Å². The van der Waals surface area contributed by atoms with E-state index in [2.05, 4.69) is 32.4 Å². The van der Waals surface area contributed by atoms with Gasteiger partial charge in [-0.1, -0.05) is 6.92 Å². The van der Waals surface area contributed by atoms with Gasteiger partial charge in [-0.3, -0.25) is 5.10 Å².